The van der Waals surface area contributed by atoms with Crippen LogP contribution < -0.4 is 32.3 Å². The number of hydrogen-bond donors (Lipinski definition) is 11. The van der Waals surface area contributed by atoms with E-state index in [2.05, 4.69) is 36.6 Å². The lowest BCUT2D eigenvalue weighted by molar-refractivity contribution is -0.154. The topological polar surface area (TPSA) is 420 Å². The van der Waals surface area contributed by atoms with Gasteiger partial charge in [0.15, 0.2) is 0 Å². The number of nitrogens with one attached hydrogen (secondary N) is 7. The largest absolute Gasteiger partial charge is 0.508 e. The molecule has 0 saturated carbocycles. The highest BCUT2D eigenvalue weighted by Crippen LogP contribution is 2.25. The molecule has 2 aromatic heterocycles. The van der Waals surface area contributed by atoms with E-state index in [9.17, 15) is 72.9 Å². The molecule has 1 aliphatic heterocycles. The molecule has 1 aliphatic rings. The van der Waals surface area contributed by atoms with Crippen molar-refractivity contribution in [1.82, 2.24) is 66.0 Å². The van der Waals surface area contributed by atoms with Crippen LogP contribution in [-0.2, 0) is 88.0 Å². The zero-order valence-electron chi connectivity index (χ0n) is 60.9. The molecule has 6 aromatic rings. The number of para-hydroxylation sites is 2. The number of amides is 11. The minimum Gasteiger partial charge on any atom is -0.508 e. The molecule has 0 spiro atoms. The van der Waals surface area contributed by atoms with Gasteiger partial charge in [0.05, 0.1) is 32.1 Å². The van der Waals surface area contributed by atoms with Crippen LogP contribution in [0.5, 0.6) is 5.75 Å². The second-order valence-corrected chi connectivity index (χ2v) is 27.4. The van der Waals surface area contributed by atoms with Crippen molar-refractivity contribution in [3.8, 4) is 5.75 Å². The summed E-state index contributed by atoms with van der Waals surface area (Å²) in [6.45, 7) is 4.51. The third-order valence-electron chi connectivity index (χ3n) is 18.9. The number of H-pyrrole nitrogens is 2. The maximum absolute atomic E-state index is 15.2. The molecule has 30 nitrogen and oxygen atoms in total. The van der Waals surface area contributed by atoms with E-state index in [0.29, 0.717) is 59.4 Å². The number of carbonyl (C=O) groups is 13. The van der Waals surface area contributed by atoms with Crippen molar-refractivity contribution in [3.05, 3.63) is 137 Å². The SMILES string of the molecule is CCCC[C@H](NC(=O)[C@H](Cc1c[nH]c2ccccc12)NC(=O)[C@H](C)N)C(=O)N[C@@H](Cc1c[nH]c2ccccc12)C(=O)N[C@H](Cc1ccc(O)cc1)C(=O)N(C)CC(=O)N(C)[C@@H](C)C(=O)N(C)[C@@H](Cc1cccc(Cl)c1)C(=O)N(C)CC(=O)N(CCC)CC(=O)N[C@@H](CC(=O)O)C(=O)N1CCCC[C@H]1C(=O)O. The van der Waals surface area contributed by atoms with Gasteiger partial charge in [0.2, 0.25) is 65.0 Å². The fourth-order valence-electron chi connectivity index (χ4n) is 12.7. The molecule has 0 radical (unpaired) electrons. The quantitative estimate of drug-likeness (QED) is 0.0267. The van der Waals surface area contributed by atoms with Crippen LogP contribution in [-0.4, -0.2) is 247 Å². The predicted molar refractivity (Wildman–Crippen MR) is 394 cm³/mol. The number of carboxylic acid groups (broad SMARTS) is 2. The zero-order chi connectivity index (χ0) is 77.6. The average molecular weight is 1490 g/mol. The van der Waals surface area contributed by atoms with Gasteiger partial charge in [-0.3, -0.25) is 57.5 Å². The minimum absolute atomic E-state index is 0.0211. The summed E-state index contributed by atoms with van der Waals surface area (Å²) in [4.78, 5) is 195. The minimum atomic E-state index is -1.66. The molecular weight excluding hydrogens is 1390 g/mol. The van der Waals surface area contributed by atoms with Crippen LogP contribution >= 0.6 is 11.6 Å². The molecule has 12 N–H and O–H groups in total. The highest BCUT2D eigenvalue weighted by atomic mass is 35.5. The fourth-order valence-corrected chi connectivity index (χ4v) is 12.9. The number of piperidine rings is 1. The van der Waals surface area contributed by atoms with E-state index in [-0.39, 0.29) is 57.4 Å². The lowest BCUT2D eigenvalue weighted by atomic mass is 10.0. The number of aliphatic carboxylic acids is 2. The van der Waals surface area contributed by atoms with Crippen molar-refractivity contribution in [2.45, 2.75) is 159 Å². The second kappa shape index (κ2) is 38.8. The zero-order valence-corrected chi connectivity index (χ0v) is 61.7. The van der Waals surface area contributed by atoms with E-state index in [1.165, 1.54) is 66.3 Å². The molecule has 3 heterocycles. The first-order valence-electron chi connectivity index (χ1n) is 35.3. The molecule has 31 heteroatoms. The van der Waals surface area contributed by atoms with Gasteiger partial charge in [-0.1, -0.05) is 99.0 Å². The summed E-state index contributed by atoms with van der Waals surface area (Å²) in [6, 6.07) is 15.1. The molecular formula is C75H97ClN14O16. The molecule has 570 valence electrons. The maximum Gasteiger partial charge on any atom is 0.326 e. The number of halogens is 1. The number of benzene rings is 4. The van der Waals surface area contributed by atoms with Gasteiger partial charge < -0.3 is 87.0 Å². The first kappa shape index (κ1) is 82.4. The normalized spacial score (nSPS) is 15.0. The van der Waals surface area contributed by atoms with Crippen LogP contribution in [0.1, 0.15) is 101 Å². The third kappa shape index (κ3) is 22.6. The highest BCUT2D eigenvalue weighted by Gasteiger charge is 2.40. The van der Waals surface area contributed by atoms with Crippen LogP contribution in [0.2, 0.25) is 5.02 Å². The standard InChI is InChI=1S/C75H97ClN14O16/c1-9-11-23-56(81-69(99)57(82-67(97)44(3)77)36-48-39-78-54-24-14-12-21-52(48)54)68(98)83-58(37-49-40-79-55-25-15-13-22-53(49)55)70(100)84-59(34-46-27-29-51(91)30-28-46)72(102)85(5)42-64(93)87(7)45(4)71(101)88(8)62(35-47-19-18-20-50(76)33-47)74(104)86(6)43-65(94)89(31-10-2)41-63(92)80-60(38-66(95)96)73(103)90-32-17-16-26-61(90)75(105)106/h12-15,18-22,24-25,27-30,33,39-40,44-45,56-62,78-79,91H,9-11,16-17,23,26,31-32,34-38,41-43,77H2,1-8H3,(H,80,92)(H,81,99)(H,82,97)(H,83,98)(H,84,100)(H,95,96)(H,105,106)/t44-,45-,56-,57-,58-,59+,60-,61-,62-/m0/s1. The van der Waals surface area contributed by atoms with Crippen LogP contribution in [0.25, 0.3) is 21.8 Å². The molecule has 1 saturated heterocycles. The van der Waals surface area contributed by atoms with Gasteiger partial charge in [0, 0.05) is 106 Å². The Labute approximate surface area is 619 Å². The third-order valence-corrected chi connectivity index (χ3v) is 19.1. The van der Waals surface area contributed by atoms with Crippen molar-refractivity contribution >= 4 is 110 Å². The second-order valence-electron chi connectivity index (χ2n) is 27.0. The van der Waals surface area contributed by atoms with Crippen LogP contribution in [0, 0.1) is 0 Å². The molecule has 106 heavy (non-hydrogen) atoms. The summed E-state index contributed by atoms with van der Waals surface area (Å²) < 4.78 is 0. The molecule has 9 atom stereocenters. The molecule has 0 aliphatic carbocycles. The Morgan fingerprint density at radius 1 is 0.585 bits per heavy atom. The summed E-state index contributed by atoms with van der Waals surface area (Å²) in [5.41, 5.74) is 9.78. The monoisotopic (exact) mass is 1480 g/mol. The number of rotatable bonds is 37. The number of carbonyl (C=O) groups excluding carboxylic acids is 11. The average Bonchev–Trinajstić information content (AvgIpc) is 1.46. The molecule has 0 unspecified atom stereocenters. The number of fused-ring (bicyclic) bond motifs is 2. The summed E-state index contributed by atoms with van der Waals surface area (Å²) in [5.74, 6) is -11.3. The van der Waals surface area contributed by atoms with E-state index >= 15 is 4.79 Å². The van der Waals surface area contributed by atoms with Crippen molar-refractivity contribution in [1.29, 1.82) is 0 Å². The summed E-state index contributed by atoms with van der Waals surface area (Å²) in [6.07, 6.45) is 4.69. The number of carboxylic acids is 2. The van der Waals surface area contributed by atoms with Crippen molar-refractivity contribution in [2.24, 2.45) is 5.73 Å². The number of nitrogens with zero attached hydrogens (tertiary/aromatic N) is 6. The van der Waals surface area contributed by atoms with Gasteiger partial charge in [-0.2, -0.15) is 0 Å². The Hall–Kier alpha value is -10.9. The number of aromatic nitrogens is 2. The van der Waals surface area contributed by atoms with E-state index in [1.54, 1.807) is 49.6 Å². The molecule has 0 bridgehead atoms. The number of likely N-dealkylation sites (N-methyl/N-ethyl adjacent to an activating group) is 4. The first-order chi connectivity index (χ1) is 50.4. The van der Waals surface area contributed by atoms with Crippen LogP contribution in [0.4, 0.5) is 0 Å². The molecule has 4 aromatic carbocycles. The molecule has 1 fully saturated rings. The van der Waals surface area contributed by atoms with Crippen molar-refractivity contribution < 1.29 is 77.6 Å². The van der Waals surface area contributed by atoms with Crippen molar-refractivity contribution in [2.75, 3.05) is 60.9 Å². The van der Waals surface area contributed by atoms with Gasteiger partial charge in [0.25, 0.3) is 0 Å². The number of nitrogens with two attached hydrogens (primary N) is 1. The van der Waals surface area contributed by atoms with Gasteiger partial charge in [-0.05, 0) is 105 Å². The van der Waals surface area contributed by atoms with E-state index in [4.69, 9.17) is 17.3 Å². The Bertz CT molecular complexity index is 4140. The number of hydrogen-bond acceptors (Lipinski definition) is 15. The fraction of sp³-hybridized carbons (Fsp3) is 0.453. The summed E-state index contributed by atoms with van der Waals surface area (Å²) in [7, 11) is 5.27. The highest BCUT2D eigenvalue weighted by molar-refractivity contribution is 6.30. The van der Waals surface area contributed by atoms with Crippen LogP contribution in [0.3, 0.4) is 0 Å². The lowest BCUT2D eigenvalue weighted by Crippen LogP contribution is -2.60. The predicted octanol–water partition coefficient (Wildman–Crippen LogP) is 3.01. The summed E-state index contributed by atoms with van der Waals surface area (Å²) in [5, 5.41) is 45.2. The lowest BCUT2D eigenvalue weighted by Gasteiger charge is -2.36. The number of phenols is 1. The Balaban J connectivity index is 1.08. The Kier molecular flexibility index (Phi) is 30.1. The number of aromatic hydroxyl groups is 1. The van der Waals surface area contributed by atoms with Gasteiger partial charge in [0.1, 0.15) is 54.1 Å². The first-order valence-corrected chi connectivity index (χ1v) is 35.7. The number of phenolic OH excluding ortho intramolecular Hbond substituents is 1. The van der Waals surface area contributed by atoms with E-state index in [0.717, 1.165) is 51.2 Å². The van der Waals surface area contributed by atoms with Gasteiger partial charge >= 0.3 is 11.9 Å². The molecule has 11 amide bonds. The Morgan fingerprint density at radius 3 is 1.71 bits per heavy atom. The van der Waals surface area contributed by atoms with Crippen LogP contribution in [0.15, 0.2) is 109 Å². The maximum atomic E-state index is 15.2. The van der Waals surface area contributed by atoms with E-state index in [1.807, 2.05) is 49.4 Å². The number of aromatic amines is 2. The number of unbranched alkanes of at least 4 members (excludes halogenated alkanes) is 1. The van der Waals surface area contributed by atoms with Gasteiger partial charge in [-0.15, -0.1) is 0 Å². The Morgan fingerprint density at radius 2 is 1.14 bits per heavy atom. The number of likely N-dealkylation sites (tertiary alicyclic amines) is 1. The summed E-state index contributed by atoms with van der Waals surface area (Å²) >= 11 is 6.39. The molecule has 7 rings (SSSR count). The van der Waals surface area contributed by atoms with Gasteiger partial charge in [-0.25, -0.2) is 4.79 Å². The van der Waals surface area contributed by atoms with E-state index < -0.39 is 157 Å². The van der Waals surface area contributed by atoms with Crippen molar-refractivity contribution in [3.63, 3.8) is 0 Å². The smallest absolute Gasteiger partial charge is 0.326 e.